The molecule has 2 fully saturated rings. The Morgan fingerprint density at radius 3 is 2.50 bits per heavy atom. The predicted molar refractivity (Wildman–Crippen MR) is 48.2 cm³/mol. The number of piperidine rings is 1. The maximum Gasteiger partial charge on any atom is 0.106 e. The molecule has 3 nitrogen and oxygen atoms in total. The molecule has 3 heteroatoms. The van der Waals surface area contributed by atoms with Crippen molar-refractivity contribution in [2.75, 3.05) is 26.7 Å². The zero-order valence-corrected chi connectivity index (χ0v) is 7.84. The van der Waals surface area contributed by atoms with Gasteiger partial charge >= 0.3 is 0 Å². The molecule has 0 spiro atoms. The Morgan fingerprint density at radius 2 is 2.08 bits per heavy atom. The van der Waals surface area contributed by atoms with Crippen LogP contribution in [0.1, 0.15) is 19.8 Å². The van der Waals surface area contributed by atoms with E-state index in [-0.39, 0.29) is 0 Å². The minimum absolute atomic E-state index is 0.371. The van der Waals surface area contributed by atoms with E-state index in [2.05, 4.69) is 17.0 Å². The Bertz CT molecular complexity index is 205. The van der Waals surface area contributed by atoms with Crippen LogP contribution in [0.15, 0.2) is 5.16 Å². The lowest BCUT2D eigenvalue weighted by atomic mass is 9.80. The quantitative estimate of drug-likeness (QED) is 0.455. The van der Waals surface area contributed by atoms with Crippen molar-refractivity contribution in [3.63, 3.8) is 0 Å². The second-order valence-electron chi connectivity index (χ2n) is 3.92. The van der Waals surface area contributed by atoms with E-state index in [1.54, 1.807) is 7.11 Å². The molecule has 2 bridgehead atoms. The minimum Gasteiger partial charge on any atom is -0.399 e. The van der Waals surface area contributed by atoms with E-state index < -0.39 is 0 Å². The Kier molecular flexibility index (Phi) is 1.83. The molecule has 0 atom stereocenters. The number of hydrogen-bond donors (Lipinski definition) is 0. The van der Waals surface area contributed by atoms with Crippen molar-refractivity contribution in [2.45, 2.75) is 19.8 Å². The molecule has 0 radical (unpaired) electrons. The van der Waals surface area contributed by atoms with Crippen LogP contribution < -0.4 is 0 Å². The maximum atomic E-state index is 4.83. The van der Waals surface area contributed by atoms with Crippen molar-refractivity contribution in [1.82, 2.24) is 4.90 Å². The van der Waals surface area contributed by atoms with Crippen LogP contribution in [-0.4, -0.2) is 37.4 Å². The minimum atomic E-state index is 0.371. The molecule has 12 heavy (non-hydrogen) atoms. The van der Waals surface area contributed by atoms with Gasteiger partial charge in [0.15, 0.2) is 0 Å². The summed E-state index contributed by atoms with van der Waals surface area (Å²) in [5, 5.41) is 4.07. The molecule has 0 amide bonds. The van der Waals surface area contributed by atoms with E-state index in [4.69, 9.17) is 4.84 Å². The lowest BCUT2D eigenvalue weighted by Crippen LogP contribution is -2.27. The Morgan fingerprint density at radius 1 is 1.42 bits per heavy atom. The lowest BCUT2D eigenvalue weighted by Gasteiger charge is -2.23. The highest BCUT2D eigenvalue weighted by molar-refractivity contribution is 5.88. The van der Waals surface area contributed by atoms with Gasteiger partial charge in [0.05, 0.1) is 5.71 Å². The summed E-state index contributed by atoms with van der Waals surface area (Å²) >= 11 is 0. The number of oxime groups is 1. The number of fused-ring (bicyclic) bond motifs is 2. The molecule has 0 N–H and O–H groups in total. The standard InChI is InChI=1S/C9H16N2O/c1-8(10-12-2)9-3-5-11(7-9)6-4-9/h3-7H2,1-2H3/b10-8+. The molecule has 0 aromatic heterocycles. The van der Waals surface area contributed by atoms with Crippen LogP contribution in [0, 0.1) is 5.41 Å². The molecule has 0 aromatic rings. The van der Waals surface area contributed by atoms with Crippen molar-refractivity contribution in [3.8, 4) is 0 Å². The average molecular weight is 168 g/mol. The van der Waals surface area contributed by atoms with Crippen molar-refractivity contribution in [2.24, 2.45) is 10.6 Å². The first-order valence-corrected chi connectivity index (χ1v) is 4.57. The second kappa shape index (κ2) is 2.73. The van der Waals surface area contributed by atoms with Gasteiger partial charge in [-0.25, -0.2) is 0 Å². The number of hydrogen-bond acceptors (Lipinski definition) is 3. The van der Waals surface area contributed by atoms with Gasteiger partial charge in [0, 0.05) is 12.0 Å². The van der Waals surface area contributed by atoms with Crippen molar-refractivity contribution < 1.29 is 4.84 Å². The molecule has 68 valence electrons. The number of rotatable bonds is 2. The van der Waals surface area contributed by atoms with E-state index in [0.29, 0.717) is 5.41 Å². The van der Waals surface area contributed by atoms with Crippen LogP contribution in [0.4, 0.5) is 0 Å². The van der Waals surface area contributed by atoms with E-state index in [1.807, 2.05) is 0 Å². The normalized spacial score (nSPS) is 40.5. The van der Waals surface area contributed by atoms with E-state index in [9.17, 15) is 0 Å². The van der Waals surface area contributed by atoms with Crippen LogP contribution in [0.5, 0.6) is 0 Å². The third-order valence-electron chi connectivity index (χ3n) is 3.34. The first kappa shape index (κ1) is 8.05. The molecule has 2 aliphatic rings. The Hall–Kier alpha value is -0.570. The zero-order chi connectivity index (χ0) is 8.60. The molecule has 0 saturated carbocycles. The molecular formula is C9H16N2O. The topological polar surface area (TPSA) is 24.8 Å². The van der Waals surface area contributed by atoms with Crippen molar-refractivity contribution >= 4 is 5.71 Å². The van der Waals surface area contributed by atoms with Gasteiger partial charge in [0.25, 0.3) is 0 Å². The monoisotopic (exact) mass is 168 g/mol. The summed E-state index contributed by atoms with van der Waals surface area (Å²) in [6.07, 6.45) is 2.54. The predicted octanol–water partition coefficient (Wildman–Crippen LogP) is 1.10. The first-order valence-electron chi connectivity index (χ1n) is 4.57. The Balaban J connectivity index is 2.15. The summed E-state index contributed by atoms with van der Waals surface area (Å²) < 4.78 is 0. The lowest BCUT2D eigenvalue weighted by molar-refractivity contribution is 0.207. The van der Waals surface area contributed by atoms with E-state index >= 15 is 0 Å². The highest BCUT2D eigenvalue weighted by Gasteiger charge is 2.45. The fourth-order valence-electron chi connectivity index (χ4n) is 2.44. The Labute approximate surface area is 73.4 Å². The molecule has 2 aliphatic heterocycles. The molecule has 0 aromatic carbocycles. The van der Waals surface area contributed by atoms with Crippen LogP contribution in [0.3, 0.4) is 0 Å². The van der Waals surface area contributed by atoms with Gasteiger partial charge in [-0.1, -0.05) is 5.16 Å². The molecule has 2 heterocycles. The summed E-state index contributed by atoms with van der Waals surface area (Å²) in [5.74, 6) is 0. The van der Waals surface area contributed by atoms with E-state index in [1.165, 1.54) is 38.2 Å². The maximum absolute atomic E-state index is 4.83. The molecule has 0 aliphatic carbocycles. The average Bonchev–Trinajstić information content (AvgIpc) is 2.64. The van der Waals surface area contributed by atoms with Crippen LogP contribution >= 0.6 is 0 Å². The van der Waals surface area contributed by atoms with Crippen molar-refractivity contribution in [3.05, 3.63) is 0 Å². The molecular weight excluding hydrogens is 152 g/mol. The summed E-state index contributed by atoms with van der Waals surface area (Å²) in [5.41, 5.74) is 1.56. The van der Waals surface area contributed by atoms with Crippen LogP contribution in [-0.2, 0) is 4.84 Å². The highest BCUT2D eigenvalue weighted by atomic mass is 16.6. The van der Waals surface area contributed by atoms with Gasteiger partial charge in [-0.2, -0.15) is 0 Å². The van der Waals surface area contributed by atoms with Gasteiger partial charge in [0.2, 0.25) is 0 Å². The van der Waals surface area contributed by atoms with Gasteiger partial charge < -0.3 is 9.74 Å². The van der Waals surface area contributed by atoms with Gasteiger partial charge in [-0.15, -0.1) is 0 Å². The fraction of sp³-hybridized carbons (Fsp3) is 0.889. The zero-order valence-electron chi connectivity index (χ0n) is 7.84. The second-order valence-corrected chi connectivity index (χ2v) is 3.92. The van der Waals surface area contributed by atoms with Gasteiger partial charge in [0.1, 0.15) is 7.11 Å². The SMILES string of the molecule is CO/N=C(\C)C12CCN(CC1)C2. The third kappa shape index (κ3) is 1.04. The van der Waals surface area contributed by atoms with Crippen molar-refractivity contribution in [1.29, 1.82) is 0 Å². The molecule has 0 unspecified atom stereocenters. The van der Waals surface area contributed by atoms with Gasteiger partial charge in [-0.3, -0.25) is 0 Å². The fourth-order valence-corrected chi connectivity index (χ4v) is 2.44. The summed E-state index contributed by atoms with van der Waals surface area (Å²) in [4.78, 5) is 7.34. The smallest absolute Gasteiger partial charge is 0.106 e. The summed E-state index contributed by atoms with van der Waals surface area (Å²) in [6, 6.07) is 0. The molecule has 2 saturated heterocycles. The van der Waals surface area contributed by atoms with Gasteiger partial charge in [-0.05, 0) is 32.9 Å². The van der Waals surface area contributed by atoms with Crippen LogP contribution in [0.25, 0.3) is 0 Å². The van der Waals surface area contributed by atoms with E-state index in [0.717, 1.165) is 0 Å². The third-order valence-corrected chi connectivity index (χ3v) is 3.34. The highest BCUT2D eigenvalue weighted by Crippen LogP contribution is 2.41. The summed E-state index contributed by atoms with van der Waals surface area (Å²) in [6.45, 7) is 5.79. The molecule has 2 rings (SSSR count). The first-order chi connectivity index (χ1) is 5.77. The summed E-state index contributed by atoms with van der Waals surface area (Å²) in [7, 11) is 1.63. The largest absolute Gasteiger partial charge is 0.399 e. The van der Waals surface area contributed by atoms with Crippen LogP contribution in [0.2, 0.25) is 0 Å². The number of nitrogens with zero attached hydrogens (tertiary/aromatic N) is 2.